The summed E-state index contributed by atoms with van der Waals surface area (Å²) in [7, 11) is 0. The third-order valence-electron chi connectivity index (χ3n) is 8.36. The normalized spacial score (nSPS) is 33.9. The second-order valence-electron chi connectivity index (χ2n) is 9.96. The molecule has 4 aliphatic rings. The van der Waals surface area contributed by atoms with Crippen molar-refractivity contribution in [1.82, 2.24) is 0 Å². The fourth-order valence-corrected chi connectivity index (χ4v) is 6.72. The Morgan fingerprint density at radius 3 is 1.33 bits per heavy atom. The summed E-state index contributed by atoms with van der Waals surface area (Å²) in [4.78, 5) is 25.8. The first kappa shape index (κ1) is 18.4. The van der Waals surface area contributed by atoms with Gasteiger partial charge < -0.3 is 10.6 Å². The van der Waals surface area contributed by atoms with Crippen molar-refractivity contribution in [2.45, 2.75) is 51.4 Å². The smallest absolute Gasteiger partial charge is 0.228 e. The molecule has 2 aromatic rings. The molecule has 4 nitrogen and oxygen atoms in total. The third kappa shape index (κ3) is 3.03. The lowest BCUT2D eigenvalue weighted by Crippen LogP contribution is -2.17. The molecule has 0 radical (unpaired) electrons. The van der Waals surface area contributed by atoms with Crippen LogP contribution in [0.1, 0.15) is 51.4 Å². The van der Waals surface area contributed by atoms with Crippen molar-refractivity contribution < 1.29 is 9.59 Å². The molecule has 0 aliphatic heterocycles. The van der Waals surface area contributed by atoms with Crippen LogP contribution in [-0.4, -0.2) is 11.8 Å². The number of hydrogen-bond donors (Lipinski definition) is 2. The van der Waals surface area contributed by atoms with E-state index < -0.39 is 0 Å². The van der Waals surface area contributed by atoms with E-state index in [4.69, 9.17) is 0 Å². The highest BCUT2D eigenvalue weighted by Crippen LogP contribution is 2.56. The van der Waals surface area contributed by atoms with Gasteiger partial charge in [0.15, 0.2) is 0 Å². The van der Waals surface area contributed by atoms with Gasteiger partial charge in [0.2, 0.25) is 11.8 Å². The molecular weight excluding hydrogens is 372 g/mol. The molecule has 0 heterocycles. The highest BCUT2D eigenvalue weighted by molar-refractivity contribution is 6.10. The van der Waals surface area contributed by atoms with E-state index in [-0.39, 0.29) is 23.7 Å². The number of carbonyl (C=O) groups is 2. The predicted molar refractivity (Wildman–Crippen MR) is 119 cm³/mol. The van der Waals surface area contributed by atoms with Crippen LogP contribution in [0, 0.1) is 35.5 Å². The highest BCUT2D eigenvalue weighted by atomic mass is 16.2. The van der Waals surface area contributed by atoms with Gasteiger partial charge in [-0.3, -0.25) is 9.59 Å². The van der Waals surface area contributed by atoms with Crippen LogP contribution in [0.4, 0.5) is 11.4 Å². The van der Waals surface area contributed by atoms with E-state index in [9.17, 15) is 9.59 Å². The lowest BCUT2D eigenvalue weighted by Gasteiger charge is -2.13. The lowest BCUT2D eigenvalue weighted by atomic mass is 10.0. The number of carbonyl (C=O) groups excluding carboxylic acids is 2. The van der Waals surface area contributed by atoms with Crippen LogP contribution in [0.25, 0.3) is 10.8 Å². The molecular formula is C26H30N2O2. The van der Waals surface area contributed by atoms with Crippen molar-refractivity contribution in [3.8, 4) is 0 Å². The van der Waals surface area contributed by atoms with Crippen molar-refractivity contribution in [1.29, 1.82) is 0 Å². The molecule has 0 aromatic heterocycles. The van der Waals surface area contributed by atoms with E-state index in [1.807, 2.05) is 36.4 Å². The number of benzene rings is 2. The number of hydrogen-bond acceptors (Lipinski definition) is 2. The van der Waals surface area contributed by atoms with Gasteiger partial charge in [0.05, 0.1) is 0 Å². The monoisotopic (exact) mass is 402 g/mol. The third-order valence-corrected chi connectivity index (χ3v) is 8.36. The van der Waals surface area contributed by atoms with Crippen LogP contribution >= 0.6 is 0 Å². The topological polar surface area (TPSA) is 58.2 Å². The Morgan fingerprint density at radius 1 is 0.600 bits per heavy atom. The predicted octanol–water partition coefficient (Wildman–Crippen LogP) is 5.59. The van der Waals surface area contributed by atoms with Gasteiger partial charge in [0.1, 0.15) is 0 Å². The first-order chi connectivity index (χ1) is 14.7. The van der Waals surface area contributed by atoms with Gasteiger partial charge in [-0.15, -0.1) is 0 Å². The fraction of sp³-hybridized carbons (Fsp3) is 0.538. The number of amides is 2. The largest absolute Gasteiger partial charge is 0.325 e. The van der Waals surface area contributed by atoms with Crippen molar-refractivity contribution in [2.75, 3.05) is 10.6 Å². The molecule has 0 spiro atoms. The molecule has 6 rings (SSSR count). The summed E-state index contributed by atoms with van der Waals surface area (Å²) in [5.74, 6) is 3.16. The van der Waals surface area contributed by atoms with Crippen LogP contribution in [-0.2, 0) is 9.59 Å². The van der Waals surface area contributed by atoms with Crippen molar-refractivity contribution >= 4 is 34.0 Å². The summed E-state index contributed by atoms with van der Waals surface area (Å²) in [5, 5.41) is 8.42. The molecule has 0 bridgehead atoms. The van der Waals surface area contributed by atoms with Crippen LogP contribution < -0.4 is 10.6 Å². The zero-order valence-corrected chi connectivity index (χ0v) is 17.4. The maximum absolute atomic E-state index is 12.9. The molecule has 4 heteroatoms. The Hall–Kier alpha value is -2.36. The lowest BCUT2D eigenvalue weighted by molar-refractivity contribution is -0.118. The van der Waals surface area contributed by atoms with E-state index in [0.29, 0.717) is 23.7 Å². The van der Waals surface area contributed by atoms with Crippen molar-refractivity contribution in [2.24, 2.45) is 35.5 Å². The average molecular weight is 403 g/mol. The molecule has 2 N–H and O–H groups in total. The van der Waals surface area contributed by atoms with E-state index in [1.54, 1.807) is 0 Å². The minimum atomic E-state index is 0.177. The van der Waals surface area contributed by atoms with E-state index in [2.05, 4.69) is 10.6 Å². The van der Waals surface area contributed by atoms with Crippen LogP contribution in [0.5, 0.6) is 0 Å². The van der Waals surface area contributed by atoms with Crippen molar-refractivity contribution in [3.63, 3.8) is 0 Å². The zero-order chi connectivity index (χ0) is 20.2. The Labute approximate surface area is 177 Å². The summed E-state index contributed by atoms with van der Waals surface area (Å²) >= 11 is 0. The van der Waals surface area contributed by atoms with Gasteiger partial charge in [-0.1, -0.05) is 49.9 Å². The zero-order valence-electron chi connectivity index (χ0n) is 17.4. The van der Waals surface area contributed by atoms with Gasteiger partial charge >= 0.3 is 0 Å². The Bertz CT molecular complexity index is 910. The molecule has 4 saturated carbocycles. The molecule has 4 atom stereocenters. The van der Waals surface area contributed by atoms with Crippen LogP contribution in [0.15, 0.2) is 36.4 Å². The molecule has 0 unspecified atom stereocenters. The molecule has 4 aliphatic carbocycles. The Kier molecular flexibility index (Phi) is 4.36. The average Bonchev–Trinajstić information content (AvgIpc) is 3.67. The fourth-order valence-electron chi connectivity index (χ4n) is 6.72. The van der Waals surface area contributed by atoms with Gasteiger partial charge in [-0.25, -0.2) is 0 Å². The van der Waals surface area contributed by atoms with Crippen molar-refractivity contribution in [3.05, 3.63) is 36.4 Å². The molecule has 4 fully saturated rings. The summed E-state index contributed by atoms with van der Waals surface area (Å²) in [6, 6.07) is 12.0. The SMILES string of the molecule is O=C(Nc1cccc2c(NC(=O)C3[C@H]4CCCC[C@H]34)cccc12)C1[C@H]2CCCC[C@H]12. The van der Waals surface area contributed by atoms with E-state index in [0.717, 1.165) is 22.1 Å². The second-order valence-corrected chi connectivity index (χ2v) is 9.96. The number of fused-ring (bicyclic) bond motifs is 3. The summed E-state index contributed by atoms with van der Waals surface area (Å²) < 4.78 is 0. The molecule has 30 heavy (non-hydrogen) atoms. The van der Waals surface area contributed by atoms with Gasteiger partial charge in [0, 0.05) is 34.0 Å². The van der Waals surface area contributed by atoms with Crippen LogP contribution in [0.2, 0.25) is 0 Å². The Morgan fingerprint density at radius 2 is 0.967 bits per heavy atom. The molecule has 2 amide bonds. The minimum absolute atomic E-state index is 0.177. The molecule has 2 aromatic carbocycles. The number of anilines is 2. The maximum atomic E-state index is 12.9. The first-order valence-corrected chi connectivity index (χ1v) is 11.9. The molecule has 156 valence electrons. The standard InChI is InChI=1S/C26H30N2O2/c29-25(23-17-7-1-2-8-18(17)23)27-21-13-5-12-16-15(21)11-6-14-22(16)28-26(30)24-19-9-3-4-10-20(19)24/h5-6,11-14,17-20,23-24H,1-4,7-10H2,(H,27,29)(H,28,30)/t17-,18-,19-,20-/m0/s1. The Balaban J connectivity index is 1.21. The number of nitrogens with one attached hydrogen (secondary N) is 2. The first-order valence-electron chi connectivity index (χ1n) is 11.9. The van der Waals surface area contributed by atoms with Gasteiger partial charge in [0.25, 0.3) is 0 Å². The van der Waals surface area contributed by atoms with E-state index >= 15 is 0 Å². The van der Waals surface area contributed by atoms with Crippen LogP contribution in [0.3, 0.4) is 0 Å². The van der Waals surface area contributed by atoms with Gasteiger partial charge in [-0.2, -0.15) is 0 Å². The summed E-state index contributed by atoms with van der Waals surface area (Å²) in [6.45, 7) is 0. The molecule has 0 saturated heterocycles. The minimum Gasteiger partial charge on any atom is -0.325 e. The summed E-state index contributed by atoms with van der Waals surface area (Å²) in [5.41, 5.74) is 1.72. The van der Waals surface area contributed by atoms with Gasteiger partial charge in [-0.05, 0) is 61.5 Å². The second kappa shape index (κ2) is 7.11. The highest BCUT2D eigenvalue weighted by Gasteiger charge is 2.55. The number of rotatable bonds is 4. The van der Waals surface area contributed by atoms with E-state index in [1.165, 1.54) is 51.4 Å². The summed E-state index contributed by atoms with van der Waals surface area (Å²) in [6.07, 6.45) is 9.90. The maximum Gasteiger partial charge on any atom is 0.228 e. The quantitative estimate of drug-likeness (QED) is 0.700.